The van der Waals surface area contributed by atoms with Gasteiger partial charge in [-0.05, 0) is 82.5 Å². The van der Waals surface area contributed by atoms with Crippen molar-refractivity contribution in [2.75, 3.05) is 19.6 Å². The van der Waals surface area contributed by atoms with Gasteiger partial charge in [0, 0.05) is 18.5 Å². The van der Waals surface area contributed by atoms with Crippen molar-refractivity contribution in [1.82, 2.24) is 26.2 Å². The lowest BCUT2D eigenvalue weighted by Gasteiger charge is -2.32. The minimum Gasteiger partial charge on any atom is -0.444 e. The molecule has 1 saturated heterocycles. The lowest BCUT2D eigenvalue weighted by Crippen LogP contribution is -2.57. The van der Waals surface area contributed by atoms with Gasteiger partial charge in [-0.15, -0.1) is 0 Å². The van der Waals surface area contributed by atoms with Gasteiger partial charge in [-0.2, -0.15) is 0 Å². The maximum absolute atomic E-state index is 14.5. The summed E-state index contributed by atoms with van der Waals surface area (Å²) in [6.45, 7) is 10.1. The van der Waals surface area contributed by atoms with Crippen LogP contribution < -0.4 is 21.3 Å². The SMILES string of the molecule is CC(C)(C)OC(=O)N[C@@H]1CCC=CCCNC(=O)CNC(=O)C(=O)C(CC2CCC2)NC(=O)[C@H]2C[C@@]3(CN2C1=O)C(C)(C)C31CCC1. The van der Waals surface area contributed by atoms with Crippen molar-refractivity contribution in [3.63, 3.8) is 0 Å². The van der Waals surface area contributed by atoms with Crippen LogP contribution in [-0.2, 0) is 28.7 Å². The summed E-state index contributed by atoms with van der Waals surface area (Å²) in [5.41, 5.74) is -1.08. The van der Waals surface area contributed by atoms with Gasteiger partial charge in [-0.3, -0.25) is 24.0 Å². The molecular formula is C35H53N5O7. The molecule has 5 rings (SSSR count). The number of rotatable bonds is 3. The third-order valence-electron chi connectivity index (χ3n) is 11.9. The second-order valence-corrected chi connectivity index (χ2v) is 15.9. The minimum atomic E-state index is -1.07. The second-order valence-electron chi connectivity index (χ2n) is 15.9. The van der Waals surface area contributed by atoms with Crippen LogP contribution in [0, 0.1) is 22.2 Å². The molecular weight excluding hydrogens is 602 g/mol. The second kappa shape index (κ2) is 13.2. The number of alkyl carbamates (subject to hydrolysis) is 1. The summed E-state index contributed by atoms with van der Waals surface area (Å²) in [4.78, 5) is 82.0. The zero-order valence-electron chi connectivity index (χ0n) is 28.7. The van der Waals surface area contributed by atoms with E-state index < -0.39 is 53.3 Å². The maximum Gasteiger partial charge on any atom is 0.408 e. The molecule has 0 aromatic carbocycles. The summed E-state index contributed by atoms with van der Waals surface area (Å²) in [5.74, 6) is -2.76. The number of nitrogens with zero attached hydrogens (tertiary/aromatic N) is 1. The number of Topliss-reactive ketones (excluding diaryl/α,β-unsaturated/α-hetero) is 1. The molecule has 0 radical (unpaired) electrons. The van der Waals surface area contributed by atoms with Gasteiger partial charge in [0.2, 0.25) is 23.5 Å². The molecule has 2 aliphatic heterocycles. The molecule has 1 unspecified atom stereocenters. The number of carbonyl (C=O) groups is 6. The largest absolute Gasteiger partial charge is 0.444 e. The van der Waals surface area contributed by atoms with Gasteiger partial charge in [0.25, 0.3) is 5.91 Å². The van der Waals surface area contributed by atoms with Gasteiger partial charge >= 0.3 is 6.09 Å². The van der Waals surface area contributed by atoms with Crippen LogP contribution >= 0.6 is 0 Å². The van der Waals surface area contributed by atoms with Crippen LogP contribution in [0.4, 0.5) is 4.79 Å². The minimum absolute atomic E-state index is 0.0414. The molecule has 0 aromatic heterocycles. The van der Waals surface area contributed by atoms with Gasteiger partial charge in [-0.1, -0.05) is 51.7 Å². The first kappa shape index (κ1) is 34.9. The van der Waals surface area contributed by atoms with Gasteiger partial charge in [0.1, 0.15) is 17.7 Å². The number of nitrogens with one attached hydrogen (secondary N) is 4. The molecule has 5 amide bonds. The number of carbonyl (C=O) groups excluding carboxylic acids is 6. The fraction of sp³-hybridized carbons (Fsp3) is 0.771. The van der Waals surface area contributed by atoms with Crippen molar-refractivity contribution in [2.45, 2.75) is 129 Å². The molecule has 12 heteroatoms. The van der Waals surface area contributed by atoms with Crippen LogP contribution in [0.1, 0.15) is 105 Å². The lowest BCUT2D eigenvalue weighted by molar-refractivity contribution is -0.143. The molecule has 0 aromatic rings. The highest BCUT2D eigenvalue weighted by atomic mass is 16.6. The Morgan fingerprint density at radius 3 is 2.28 bits per heavy atom. The topological polar surface area (TPSA) is 163 Å². The predicted molar refractivity (Wildman–Crippen MR) is 174 cm³/mol. The van der Waals surface area contributed by atoms with E-state index in [9.17, 15) is 28.8 Å². The Balaban J connectivity index is 1.46. The van der Waals surface area contributed by atoms with Crippen LogP contribution in [0.25, 0.3) is 0 Å². The third kappa shape index (κ3) is 6.79. The Morgan fingerprint density at radius 2 is 1.68 bits per heavy atom. The monoisotopic (exact) mass is 655 g/mol. The Bertz CT molecular complexity index is 1310. The number of ether oxygens (including phenoxy) is 1. The zero-order valence-corrected chi connectivity index (χ0v) is 28.7. The smallest absolute Gasteiger partial charge is 0.408 e. The number of amides is 5. The molecule has 5 aliphatic rings. The molecule has 4 fully saturated rings. The molecule has 3 saturated carbocycles. The van der Waals surface area contributed by atoms with E-state index in [1.807, 2.05) is 12.2 Å². The van der Waals surface area contributed by atoms with E-state index in [0.29, 0.717) is 38.8 Å². The van der Waals surface area contributed by atoms with Crippen molar-refractivity contribution < 1.29 is 33.5 Å². The van der Waals surface area contributed by atoms with E-state index in [1.54, 1.807) is 25.7 Å². The van der Waals surface area contributed by atoms with Gasteiger partial charge in [0.05, 0.1) is 12.6 Å². The van der Waals surface area contributed by atoms with Gasteiger partial charge in [0.15, 0.2) is 0 Å². The first-order valence-corrected chi connectivity index (χ1v) is 17.4. The highest BCUT2D eigenvalue weighted by molar-refractivity contribution is 6.38. The number of allylic oxidation sites excluding steroid dienone is 1. The molecule has 12 nitrogen and oxygen atoms in total. The molecule has 3 aliphatic carbocycles. The maximum atomic E-state index is 14.5. The van der Waals surface area contributed by atoms with Gasteiger partial charge in [-0.25, -0.2) is 4.79 Å². The summed E-state index contributed by atoms with van der Waals surface area (Å²) in [7, 11) is 0. The summed E-state index contributed by atoms with van der Waals surface area (Å²) >= 11 is 0. The van der Waals surface area contributed by atoms with Crippen LogP contribution in [0.2, 0.25) is 0 Å². The molecule has 2 spiro atoms. The van der Waals surface area contributed by atoms with Crippen LogP contribution in [0.15, 0.2) is 12.2 Å². The van der Waals surface area contributed by atoms with Crippen molar-refractivity contribution in [1.29, 1.82) is 0 Å². The summed E-state index contributed by atoms with van der Waals surface area (Å²) in [5, 5.41) is 10.8. The first-order valence-electron chi connectivity index (χ1n) is 17.4. The van der Waals surface area contributed by atoms with Crippen molar-refractivity contribution in [3.8, 4) is 0 Å². The standard InChI is InChI=1S/C35H53N5O7/c1-32(2,3)47-31(46)39-23-14-8-6-7-9-17-36-26(41)20-37-29(44)27(42)24(18-22-12-10-13-22)38-28(43)25-19-35(21-40(25)30(23)45)33(4,5)34(35)15-11-16-34/h6-7,22-25H,8-21H2,1-5H3,(H,36,41)(H,37,44)(H,38,43)(H,39,46)/t23-,24?,25-,35-/m1/s1. The van der Waals surface area contributed by atoms with Crippen molar-refractivity contribution >= 4 is 35.5 Å². The van der Waals surface area contributed by atoms with Crippen LogP contribution in [-0.4, -0.2) is 83.8 Å². The number of fused-ring (bicyclic) bond motifs is 2. The molecule has 0 bridgehead atoms. The van der Waals surface area contributed by atoms with E-state index in [4.69, 9.17) is 4.74 Å². The van der Waals surface area contributed by atoms with E-state index >= 15 is 0 Å². The Morgan fingerprint density at radius 1 is 0.979 bits per heavy atom. The average molecular weight is 656 g/mol. The molecule has 4 N–H and O–H groups in total. The molecule has 4 atom stereocenters. The van der Waals surface area contributed by atoms with E-state index in [-0.39, 0.29) is 41.0 Å². The van der Waals surface area contributed by atoms with Crippen LogP contribution in [0.5, 0.6) is 0 Å². The molecule has 2 heterocycles. The zero-order chi connectivity index (χ0) is 34.2. The Kier molecular flexibility index (Phi) is 9.81. The van der Waals surface area contributed by atoms with E-state index in [0.717, 1.165) is 38.5 Å². The fourth-order valence-electron chi connectivity index (χ4n) is 8.79. The number of hydrogen-bond acceptors (Lipinski definition) is 7. The number of hydrogen-bond donors (Lipinski definition) is 4. The summed E-state index contributed by atoms with van der Waals surface area (Å²) in [6, 6.07) is -2.89. The average Bonchev–Trinajstić information content (AvgIpc) is 3.17. The Hall–Kier alpha value is -3.44. The highest BCUT2D eigenvalue weighted by Gasteiger charge is 2.85. The van der Waals surface area contributed by atoms with E-state index in [2.05, 4.69) is 35.1 Å². The van der Waals surface area contributed by atoms with Crippen molar-refractivity contribution in [2.24, 2.45) is 22.2 Å². The number of ketones is 1. The third-order valence-corrected chi connectivity index (χ3v) is 11.9. The highest BCUT2D eigenvalue weighted by Crippen LogP contribution is 2.88. The Labute approximate surface area is 277 Å². The predicted octanol–water partition coefficient (Wildman–Crippen LogP) is 2.89. The quantitative estimate of drug-likeness (QED) is 0.268. The lowest BCUT2D eigenvalue weighted by atomic mass is 9.73. The van der Waals surface area contributed by atoms with Crippen molar-refractivity contribution in [3.05, 3.63) is 12.2 Å². The normalized spacial score (nSPS) is 31.7. The molecule has 260 valence electrons. The fourth-order valence-corrected chi connectivity index (χ4v) is 8.79. The first-order chi connectivity index (χ1) is 22.1. The molecule has 47 heavy (non-hydrogen) atoms. The summed E-state index contributed by atoms with van der Waals surface area (Å²) < 4.78 is 5.51. The van der Waals surface area contributed by atoms with Gasteiger partial charge < -0.3 is 30.9 Å². The van der Waals surface area contributed by atoms with Crippen LogP contribution in [0.3, 0.4) is 0 Å². The summed E-state index contributed by atoms with van der Waals surface area (Å²) in [6.07, 6.45) is 11.1. The van der Waals surface area contributed by atoms with E-state index in [1.165, 1.54) is 0 Å².